The fourth-order valence-electron chi connectivity index (χ4n) is 16.7. The Labute approximate surface area is 732 Å². The molecule has 22 nitrogen and oxygen atoms in total. The Morgan fingerprint density at radius 1 is 0.312 bits per heavy atom. The predicted molar refractivity (Wildman–Crippen MR) is 482 cm³/mol. The molecule has 16 aromatic rings. The van der Waals surface area contributed by atoms with E-state index in [-0.39, 0.29) is 23.6 Å². The lowest BCUT2D eigenvalue weighted by Gasteiger charge is -2.18. The summed E-state index contributed by atoms with van der Waals surface area (Å²) in [6.07, 6.45) is 4.09. The number of pyridine rings is 4. The number of fused-ring (bicyclic) bond motifs is 4. The van der Waals surface area contributed by atoms with Crippen LogP contribution in [0.1, 0.15) is 108 Å². The molecule has 0 saturated heterocycles. The lowest BCUT2D eigenvalue weighted by molar-refractivity contribution is -0.138. The first kappa shape index (κ1) is 85.5. The highest BCUT2D eigenvalue weighted by Gasteiger charge is 2.55. The normalized spacial score (nSPS) is 14.7. The number of benzene rings is 8. The van der Waals surface area contributed by atoms with E-state index in [4.69, 9.17) is 9.47 Å². The third-order valence-corrected chi connectivity index (χ3v) is 24.7. The molecule has 0 unspecified atom stereocenters. The molecule has 20 rings (SSSR count). The Balaban J connectivity index is 0.000000120. The molecule has 0 radical (unpaired) electrons. The fraction of sp³-hybridized carbons (Fsp3) is 0.240. The van der Waals surface area contributed by atoms with E-state index < -0.39 is 45.1 Å². The summed E-state index contributed by atoms with van der Waals surface area (Å²) < 4.78 is 95.5. The predicted octanol–water partition coefficient (Wildman–Crippen LogP) is 20.5. The number of aryl methyl sites for hydroxylation is 8. The van der Waals surface area contributed by atoms with Crippen molar-refractivity contribution in [3.63, 3.8) is 0 Å². The van der Waals surface area contributed by atoms with Crippen molar-refractivity contribution in [1.82, 2.24) is 59.1 Å². The highest BCUT2D eigenvalue weighted by Crippen LogP contribution is 2.54. The zero-order chi connectivity index (χ0) is 89.9. The number of hydrogen-bond donors (Lipinski definition) is 4. The Hall–Kier alpha value is -14.7. The van der Waals surface area contributed by atoms with Gasteiger partial charge in [0.2, 0.25) is 23.6 Å². The van der Waals surface area contributed by atoms with Gasteiger partial charge in [-0.15, -0.1) is 0 Å². The lowest BCUT2D eigenvalue weighted by Crippen LogP contribution is -2.28. The van der Waals surface area contributed by atoms with Crippen LogP contribution >= 0.6 is 0 Å². The van der Waals surface area contributed by atoms with Crippen LogP contribution in [-0.4, -0.2) is 96.9 Å². The molecule has 4 fully saturated rings. The van der Waals surface area contributed by atoms with E-state index in [9.17, 15) is 45.5 Å². The van der Waals surface area contributed by atoms with Gasteiger partial charge in [-0.05, 0) is 261 Å². The summed E-state index contributed by atoms with van der Waals surface area (Å²) in [5.74, 6) is 1.15. The number of nitrogens with one attached hydrogen (secondary N) is 4. The van der Waals surface area contributed by atoms with E-state index in [1.54, 1.807) is 63.5 Å². The van der Waals surface area contributed by atoms with Crippen molar-refractivity contribution < 1.29 is 55.0 Å². The minimum Gasteiger partial charge on any atom is -0.497 e. The van der Waals surface area contributed by atoms with Crippen LogP contribution in [0.4, 0.5) is 49.1 Å². The van der Waals surface area contributed by atoms with E-state index in [0.29, 0.717) is 48.2 Å². The van der Waals surface area contributed by atoms with Gasteiger partial charge in [-0.25, -0.2) is 19.9 Å². The summed E-state index contributed by atoms with van der Waals surface area (Å²) in [5, 5.41) is 33.2. The minimum atomic E-state index is -4.44. The van der Waals surface area contributed by atoms with E-state index in [1.807, 2.05) is 214 Å². The number of anilines is 4. The van der Waals surface area contributed by atoms with Crippen molar-refractivity contribution in [2.75, 3.05) is 35.5 Å². The molecule has 4 N–H and O–H groups in total. The van der Waals surface area contributed by atoms with Gasteiger partial charge >= 0.3 is 12.4 Å². The first-order chi connectivity index (χ1) is 61.3. The first-order valence-electron chi connectivity index (χ1n) is 41.8. The smallest absolute Gasteiger partial charge is 0.416 e. The molecule has 4 amide bonds. The maximum atomic E-state index is 13.1. The Kier molecular flexibility index (Phi) is 22.5. The maximum absolute atomic E-state index is 13.1. The molecule has 128 heavy (non-hydrogen) atoms. The van der Waals surface area contributed by atoms with Crippen LogP contribution < -0.4 is 30.7 Å². The summed E-state index contributed by atoms with van der Waals surface area (Å²) in [6.45, 7) is 7.82. The number of ether oxygens (including phenoxy) is 2. The van der Waals surface area contributed by atoms with Crippen molar-refractivity contribution >= 4 is 90.5 Å². The zero-order valence-corrected chi connectivity index (χ0v) is 71.8. The topological polar surface area (TPSA) is 258 Å². The summed E-state index contributed by atoms with van der Waals surface area (Å²) in [4.78, 5) is 70.4. The SMILES string of the molecule is COc1ccc(C2(C(=O)Nc3ccc(-c4cc(C)nc5c4cnn5C)cc3)CC2)cc1.COc1cccc(C2(C(=O)Nc3ccc(-c4cc(C)nc5c4cnn5C)cc3)CC2)c1.Cc1cc(-c2ccc(NC(=O)C3(c4ccc(C(F)(F)F)cc4)CC3)cc2)c2cnn(C)c2n1.Cc1cc(-c2ccc(NC(=O)C3(c4cccc(C(F)(F)F)c4)CC3)cc2)c2cnn(C)c2n1. The van der Waals surface area contributed by atoms with Gasteiger partial charge < -0.3 is 30.7 Å². The largest absolute Gasteiger partial charge is 0.497 e. The number of aromatic nitrogens is 12. The summed E-state index contributed by atoms with van der Waals surface area (Å²) in [7, 11) is 10.8. The second-order valence-electron chi connectivity index (χ2n) is 33.3. The average molecular weight is 1730 g/mol. The zero-order valence-electron chi connectivity index (χ0n) is 71.8. The number of amides is 4. The van der Waals surface area contributed by atoms with Crippen LogP contribution in [-0.2, 0) is 81.4 Å². The third kappa shape index (κ3) is 17.1. The van der Waals surface area contributed by atoms with E-state index in [1.165, 1.54) is 18.2 Å². The Bertz CT molecular complexity index is 6950. The number of hydrogen-bond acceptors (Lipinski definition) is 14. The average Bonchev–Trinajstić information content (AvgIpc) is 1.60. The summed E-state index contributed by atoms with van der Waals surface area (Å²) in [6, 6.07) is 64.5. The second kappa shape index (κ2) is 33.7. The van der Waals surface area contributed by atoms with Crippen LogP contribution in [0, 0.1) is 27.7 Å². The van der Waals surface area contributed by atoms with Crippen molar-refractivity contribution in [3.8, 4) is 56.0 Å². The standard InChI is InChI=1S/2C25H21F3N4O.2C25H24N4O2/c1-15-13-20(21-14-29-32(2)22(21)30-15)16-3-9-19(10-4-16)31-23(33)24(11-12-24)17-5-7-18(8-6-17)25(26,27)28;1-15-12-20(21-14-29-32(2)22(21)30-15)16-6-8-19(9-7-16)31-23(33)24(10-11-24)17-4-3-5-18(13-17)25(26,27)28;1-16-14-21(22-15-26-29(2)23(22)27-16)17-4-8-19(9-5-17)28-24(30)25(12-13-25)18-6-10-20(31-3)11-7-18;1-16-13-21(22-15-26-29(2)23(22)27-16)17-7-9-19(10-8-17)28-24(30)25(11-12-25)18-5-4-6-20(14-18)31-3/h3-10,13-14H,11-12H2,1-2H3,(H,31,33);3-9,12-14H,10-11H2,1-2H3,(H,31,33);4-11,14-15H,12-13H2,1-3H3,(H,28,30);4-10,13-15H,11-12H2,1-3H3,(H,28,30). The second-order valence-corrected chi connectivity index (χ2v) is 33.3. The van der Waals surface area contributed by atoms with E-state index in [2.05, 4.69) is 73.7 Å². The molecule has 0 bridgehead atoms. The molecule has 8 aromatic carbocycles. The molecule has 4 saturated carbocycles. The van der Waals surface area contributed by atoms with Gasteiger partial charge in [0.15, 0.2) is 22.6 Å². The van der Waals surface area contributed by atoms with Crippen molar-refractivity contribution in [2.45, 2.75) is 113 Å². The maximum Gasteiger partial charge on any atom is 0.416 e. The van der Waals surface area contributed by atoms with Gasteiger partial charge in [-0.1, -0.05) is 103 Å². The number of methoxy groups -OCH3 is 2. The van der Waals surface area contributed by atoms with Crippen LogP contribution in [0.25, 0.3) is 88.6 Å². The quantitative estimate of drug-likeness (QED) is 0.0583. The van der Waals surface area contributed by atoms with Crippen LogP contribution in [0.5, 0.6) is 11.5 Å². The summed E-state index contributed by atoms with van der Waals surface area (Å²) in [5.41, 5.74) is 17.0. The molecule has 4 aliphatic rings. The van der Waals surface area contributed by atoms with Gasteiger partial charge in [0.1, 0.15) is 11.5 Å². The Morgan fingerprint density at radius 3 is 0.852 bits per heavy atom. The van der Waals surface area contributed by atoms with Crippen molar-refractivity contribution in [1.29, 1.82) is 0 Å². The van der Waals surface area contributed by atoms with Crippen LogP contribution in [0.15, 0.2) is 243 Å². The highest BCUT2D eigenvalue weighted by molar-refractivity contribution is 6.06. The van der Waals surface area contributed by atoms with Crippen LogP contribution in [0.2, 0.25) is 0 Å². The van der Waals surface area contributed by atoms with Crippen molar-refractivity contribution in [2.24, 2.45) is 28.2 Å². The van der Waals surface area contributed by atoms with Crippen molar-refractivity contribution in [3.05, 3.63) is 299 Å². The number of carbonyl (C=O) groups is 4. The van der Waals surface area contributed by atoms with Gasteiger partial charge in [-0.3, -0.25) is 37.9 Å². The molecular weight excluding hydrogens is 1640 g/mol. The fourth-order valence-corrected chi connectivity index (χ4v) is 16.7. The molecule has 0 atom stereocenters. The monoisotopic (exact) mass is 1720 g/mol. The van der Waals surface area contributed by atoms with Crippen LogP contribution in [0.3, 0.4) is 0 Å². The number of nitrogens with zero attached hydrogens (tertiary/aromatic N) is 12. The molecule has 648 valence electrons. The van der Waals surface area contributed by atoms with Gasteiger partial charge in [0, 0.05) is 95.3 Å². The van der Waals surface area contributed by atoms with E-state index in [0.717, 1.165) is 195 Å². The molecular formula is C100H90F6N16O6. The lowest BCUT2D eigenvalue weighted by atomic mass is 9.93. The molecule has 8 aromatic heterocycles. The van der Waals surface area contributed by atoms with Gasteiger partial charge in [0.25, 0.3) is 0 Å². The first-order valence-corrected chi connectivity index (χ1v) is 41.8. The molecule has 8 heterocycles. The number of halogens is 6. The molecule has 0 aliphatic heterocycles. The number of carbonyl (C=O) groups excluding carboxylic acids is 4. The van der Waals surface area contributed by atoms with Gasteiger partial charge in [-0.2, -0.15) is 46.7 Å². The number of alkyl halides is 6. The minimum absolute atomic E-state index is 0.0305. The Morgan fingerprint density at radius 2 is 0.578 bits per heavy atom. The highest BCUT2D eigenvalue weighted by atomic mass is 19.4. The molecule has 28 heteroatoms. The molecule has 0 spiro atoms. The number of rotatable bonds is 18. The summed E-state index contributed by atoms with van der Waals surface area (Å²) >= 11 is 0. The van der Waals surface area contributed by atoms with Gasteiger partial charge in [0.05, 0.1) is 71.8 Å². The third-order valence-electron chi connectivity index (χ3n) is 24.7. The molecule has 4 aliphatic carbocycles. The van der Waals surface area contributed by atoms with E-state index >= 15 is 0 Å².